The third-order valence-corrected chi connectivity index (χ3v) is 8.93. The molecule has 6 amide bonds. The largest absolute Gasteiger partial charge is 0.504 e. The summed E-state index contributed by atoms with van der Waals surface area (Å²) in [5, 5.41) is 43.9. The van der Waals surface area contributed by atoms with E-state index in [-0.39, 0.29) is 62.0 Å². The Labute approximate surface area is 357 Å². The van der Waals surface area contributed by atoms with Gasteiger partial charge in [0.15, 0.2) is 17.6 Å². The maximum atomic E-state index is 13.5. The Morgan fingerprint density at radius 2 is 1.10 bits per heavy atom. The van der Waals surface area contributed by atoms with Crippen molar-refractivity contribution in [2.45, 2.75) is 32.1 Å². The van der Waals surface area contributed by atoms with Crippen LogP contribution < -0.4 is 37.1 Å². The first-order chi connectivity index (χ1) is 29.9. The topological polar surface area (TPSA) is 308 Å². The number of nitrogens with one attached hydrogen (secondary N) is 5. The van der Waals surface area contributed by atoms with Gasteiger partial charge in [-0.1, -0.05) is 0 Å². The predicted molar refractivity (Wildman–Crippen MR) is 227 cm³/mol. The maximum absolute atomic E-state index is 13.5. The molecule has 0 aliphatic heterocycles. The summed E-state index contributed by atoms with van der Waals surface area (Å²) in [6.45, 7) is 3.33. The molecular weight excluding hydrogens is 823 g/mol. The number of nitrogens with zero attached hydrogens (tertiary/aromatic N) is 1. The number of hydrogen-bond donors (Lipinski definition) is 8. The monoisotopic (exact) mass is 861 g/mol. The van der Waals surface area contributed by atoms with Crippen LogP contribution in [0.5, 0.6) is 11.5 Å². The number of anilines is 4. The van der Waals surface area contributed by atoms with Crippen LogP contribution in [-0.4, -0.2) is 81.9 Å². The van der Waals surface area contributed by atoms with Crippen LogP contribution >= 0.6 is 0 Å². The molecule has 0 saturated heterocycles. The Hall–Kier alpha value is -8.65. The van der Waals surface area contributed by atoms with Crippen molar-refractivity contribution in [3.05, 3.63) is 147 Å². The summed E-state index contributed by atoms with van der Waals surface area (Å²) in [5.41, 5.74) is 6.05. The lowest BCUT2D eigenvalue weighted by Crippen LogP contribution is -2.56. The summed E-state index contributed by atoms with van der Waals surface area (Å²) in [4.78, 5) is 99.6. The standard InChI is InChI=1S/C43H39N7O13/c1-22(2)63-35-32(21-20-31(34(35)51)41(56)46-28-16-8-26(9-17-28)43(58)59)48-39(54)23-4-14-29(15-5-23)47-42(57)33(36(62-3)37(44)52)49-40(55)24-6-12-27(13-7-24)45-38(53)25-10-18-30(19-11-25)50(60)61/h4-22,33,36,51H,1-3H3,(H2,44,52)(H,45,53)(H,46,56)(H,47,57)(H,48,54)(H,49,55)(H,58,59)/t33-,36-/m0/s1. The van der Waals surface area contributed by atoms with Gasteiger partial charge >= 0.3 is 5.97 Å². The molecule has 324 valence electrons. The van der Waals surface area contributed by atoms with Crippen molar-refractivity contribution < 1.29 is 58.2 Å². The van der Waals surface area contributed by atoms with E-state index in [4.69, 9.17) is 20.3 Å². The van der Waals surface area contributed by atoms with Crippen molar-refractivity contribution in [1.29, 1.82) is 0 Å². The van der Waals surface area contributed by atoms with E-state index < -0.39 is 70.3 Å². The summed E-state index contributed by atoms with van der Waals surface area (Å²) in [5.74, 6) is -6.69. The van der Waals surface area contributed by atoms with Crippen molar-refractivity contribution >= 4 is 69.8 Å². The Morgan fingerprint density at radius 1 is 0.635 bits per heavy atom. The first-order valence-electron chi connectivity index (χ1n) is 18.6. The number of carbonyl (C=O) groups is 7. The molecule has 0 fully saturated rings. The second-order valence-electron chi connectivity index (χ2n) is 13.7. The number of ether oxygens (including phenoxy) is 2. The number of nitro benzene ring substituents is 1. The quantitative estimate of drug-likeness (QED) is 0.0462. The highest BCUT2D eigenvalue weighted by Crippen LogP contribution is 2.39. The minimum atomic E-state index is -1.65. The lowest BCUT2D eigenvalue weighted by atomic mass is 10.1. The van der Waals surface area contributed by atoms with Gasteiger partial charge in [-0.3, -0.25) is 38.9 Å². The summed E-state index contributed by atoms with van der Waals surface area (Å²) < 4.78 is 10.9. The first-order valence-corrected chi connectivity index (χ1v) is 18.6. The highest BCUT2D eigenvalue weighted by molar-refractivity contribution is 6.10. The van der Waals surface area contributed by atoms with Crippen molar-refractivity contribution in [2.75, 3.05) is 28.4 Å². The molecule has 63 heavy (non-hydrogen) atoms. The van der Waals surface area contributed by atoms with E-state index in [1.165, 1.54) is 109 Å². The summed E-state index contributed by atoms with van der Waals surface area (Å²) in [6.07, 6.45) is -2.13. The van der Waals surface area contributed by atoms with Gasteiger partial charge in [0.1, 0.15) is 6.04 Å². The fourth-order valence-electron chi connectivity index (χ4n) is 5.78. The van der Waals surface area contributed by atoms with Gasteiger partial charge in [0.25, 0.3) is 29.3 Å². The number of rotatable bonds is 17. The molecule has 0 aliphatic rings. The number of nitrogens with two attached hydrogens (primary N) is 1. The van der Waals surface area contributed by atoms with E-state index in [2.05, 4.69) is 26.6 Å². The van der Waals surface area contributed by atoms with Gasteiger partial charge in [-0.05, 0) is 111 Å². The number of hydrogen-bond acceptors (Lipinski definition) is 12. The Kier molecular flexibility index (Phi) is 14.5. The third-order valence-electron chi connectivity index (χ3n) is 8.93. The number of aromatic hydroxyl groups is 1. The molecule has 20 nitrogen and oxygen atoms in total. The summed E-state index contributed by atoms with van der Waals surface area (Å²) in [7, 11) is 1.11. The SMILES string of the molecule is CO[C@H](C(N)=O)[C@H](NC(=O)c1ccc(NC(=O)c2ccc([N+](=O)[O-])cc2)cc1)C(=O)Nc1ccc(C(=O)Nc2ccc(C(=O)Nc3ccc(C(=O)O)cc3)c(O)c2OC(C)C)cc1. The zero-order valence-electron chi connectivity index (χ0n) is 33.5. The summed E-state index contributed by atoms with van der Waals surface area (Å²) >= 11 is 0. The molecule has 0 unspecified atom stereocenters. The van der Waals surface area contributed by atoms with E-state index in [1.54, 1.807) is 13.8 Å². The highest BCUT2D eigenvalue weighted by Gasteiger charge is 2.34. The smallest absolute Gasteiger partial charge is 0.335 e. The molecule has 2 atom stereocenters. The summed E-state index contributed by atoms with van der Waals surface area (Å²) in [6, 6.07) is 22.1. The number of phenols is 1. The number of non-ortho nitro benzene ring substituents is 1. The van der Waals surface area contributed by atoms with Crippen molar-refractivity contribution in [3.63, 3.8) is 0 Å². The Balaban J connectivity index is 1.25. The molecule has 5 aromatic rings. The normalized spacial score (nSPS) is 11.6. The van der Waals surface area contributed by atoms with Gasteiger partial charge in [-0.2, -0.15) is 0 Å². The van der Waals surface area contributed by atoms with Crippen LogP contribution in [0, 0.1) is 10.1 Å². The van der Waals surface area contributed by atoms with Gasteiger partial charge in [0.05, 0.1) is 27.8 Å². The first kappa shape index (κ1) is 45.4. The molecule has 0 aromatic heterocycles. The fraction of sp³-hybridized carbons (Fsp3) is 0.140. The molecule has 20 heteroatoms. The molecule has 0 bridgehead atoms. The highest BCUT2D eigenvalue weighted by atomic mass is 16.6. The number of benzene rings is 5. The van der Waals surface area contributed by atoms with Crippen LogP contribution in [0.15, 0.2) is 109 Å². The lowest BCUT2D eigenvalue weighted by Gasteiger charge is -2.24. The lowest BCUT2D eigenvalue weighted by molar-refractivity contribution is -0.384. The number of methoxy groups -OCH3 is 1. The van der Waals surface area contributed by atoms with Gasteiger partial charge in [0.2, 0.25) is 11.8 Å². The zero-order valence-corrected chi connectivity index (χ0v) is 33.5. The Morgan fingerprint density at radius 3 is 1.57 bits per heavy atom. The average Bonchev–Trinajstić information content (AvgIpc) is 3.25. The molecule has 0 aliphatic carbocycles. The van der Waals surface area contributed by atoms with Crippen LogP contribution in [0.3, 0.4) is 0 Å². The van der Waals surface area contributed by atoms with Crippen LogP contribution in [0.25, 0.3) is 0 Å². The van der Waals surface area contributed by atoms with E-state index in [0.29, 0.717) is 0 Å². The van der Waals surface area contributed by atoms with Crippen molar-refractivity contribution in [2.24, 2.45) is 5.73 Å². The van der Waals surface area contributed by atoms with Gasteiger partial charge in [-0.15, -0.1) is 0 Å². The Bertz CT molecular complexity index is 2560. The predicted octanol–water partition coefficient (Wildman–Crippen LogP) is 4.78. The number of carbonyl (C=O) groups excluding carboxylic acids is 6. The maximum Gasteiger partial charge on any atom is 0.335 e. The number of carboxylic acids is 1. The van der Waals surface area contributed by atoms with Gasteiger partial charge in [-0.25, -0.2) is 4.79 Å². The van der Waals surface area contributed by atoms with Crippen LogP contribution in [0.1, 0.15) is 65.6 Å². The van der Waals surface area contributed by atoms with E-state index in [9.17, 15) is 48.8 Å². The zero-order chi connectivity index (χ0) is 46.0. The van der Waals surface area contributed by atoms with Crippen LogP contribution in [-0.2, 0) is 14.3 Å². The van der Waals surface area contributed by atoms with Crippen molar-refractivity contribution in [3.8, 4) is 11.5 Å². The molecule has 0 radical (unpaired) electrons. The number of amides is 6. The van der Waals surface area contributed by atoms with Crippen molar-refractivity contribution in [1.82, 2.24) is 5.32 Å². The number of carboxylic acid groups (broad SMARTS) is 1. The number of phenolic OH excluding ortho intramolecular Hbond substituents is 1. The molecule has 0 heterocycles. The van der Waals surface area contributed by atoms with E-state index in [1.807, 2.05) is 0 Å². The molecule has 5 aromatic carbocycles. The minimum Gasteiger partial charge on any atom is -0.504 e. The van der Waals surface area contributed by atoms with Gasteiger partial charge in [0, 0.05) is 53.0 Å². The average molecular weight is 862 g/mol. The fourth-order valence-corrected chi connectivity index (χ4v) is 5.78. The van der Waals surface area contributed by atoms with Crippen LogP contribution in [0.2, 0.25) is 0 Å². The number of aromatic carboxylic acids is 1. The molecule has 9 N–H and O–H groups in total. The molecule has 5 rings (SSSR count). The third kappa shape index (κ3) is 11.6. The van der Waals surface area contributed by atoms with Crippen LogP contribution in [0.4, 0.5) is 28.4 Å². The molecule has 0 spiro atoms. The van der Waals surface area contributed by atoms with Gasteiger partial charge < -0.3 is 52.0 Å². The second kappa shape index (κ2) is 20.1. The molecular formula is C43H39N7O13. The van der Waals surface area contributed by atoms with E-state index in [0.717, 1.165) is 7.11 Å². The number of nitro groups is 1. The minimum absolute atomic E-state index is 0.0100. The second-order valence-corrected chi connectivity index (χ2v) is 13.7. The number of primary amides is 1. The molecule has 0 saturated carbocycles. The van der Waals surface area contributed by atoms with E-state index >= 15 is 0 Å².